The molecular formula is C23H27F5N8O2. The fourth-order valence-electron chi connectivity index (χ4n) is 4.37. The van der Waals surface area contributed by atoms with E-state index in [4.69, 9.17) is 15.0 Å². The van der Waals surface area contributed by atoms with Gasteiger partial charge in [-0.3, -0.25) is 4.90 Å². The maximum atomic E-state index is 15.2. The molecule has 1 saturated heterocycles. The highest BCUT2D eigenvalue weighted by Crippen LogP contribution is 2.38. The Morgan fingerprint density at radius 3 is 2.74 bits per heavy atom. The number of piperidine rings is 1. The van der Waals surface area contributed by atoms with Gasteiger partial charge in [0.15, 0.2) is 5.82 Å². The average Bonchev–Trinajstić information content (AvgIpc) is 3.22. The third kappa shape index (κ3) is 5.78. The van der Waals surface area contributed by atoms with Crippen molar-refractivity contribution in [2.24, 2.45) is 5.11 Å². The molecule has 0 bridgehead atoms. The number of hydrogen-bond acceptors (Lipinski definition) is 9. The topological polar surface area (TPSA) is 112 Å². The number of aromatic nitrogens is 3. The van der Waals surface area contributed by atoms with E-state index in [0.717, 1.165) is 10.7 Å². The molecule has 3 heterocycles. The van der Waals surface area contributed by atoms with Gasteiger partial charge in [-0.2, -0.15) is 10.1 Å². The van der Waals surface area contributed by atoms with Gasteiger partial charge in [-0.15, -0.1) is 5.10 Å². The van der Waals surface area contributed by atoms with Crippen LogP contribution in [0.3, 0.4) is 0 Å². The van der Waals surface area contributed by atoms with Crippen LogP contribution in [0, 0.1) is 11.3 Å². The summed E-state index contributed by atoms with van der Waals surface area (Å²) >= 11 is 0. The SMILES string of the molecule is COCCN1CC[C@@H](Nc2nc(OC)c3c(-c4ccc(N=N)c(NCC(F)F)c4)c(F)cn3n2)C(F)(F)C1. The highest BCUT2D eigenvalue weighted by atomic mass is 19.3. The van der Waals surface area contributed by atoms with E-state index in [1.165, 1.54) is 32.4 Å². The Kier molecular flexibility index (Phi) is 8.26. The average molecular weight is 543 g/mol. The number of nitrogens with zero attached hydrogens (tertiary/aromatic N) is 5. The molecule has 15 heteroatoms. The van der Waals surface area contributed by atoms with E-state index in [1.54, 1.807) is 4.90 Å². The van der Waals surface area contributed by atoms with E-state index < -0.39 is 37.3 Å². The minimum Gasteiger partial charge on any atom is -0.479 e. The maximum Gasteiger partial charge on any atom is 0.280 e. The van der Waals surface area contributed by atoms with Crippen LogP contribution in [0.15, 0.2) is 29.5 Å². The first-order chi connectivity index (χ1) is 18.2. The van der Waals surface area contributed by atoms with Crippen LogP contribution in [0.4, 0.5) is 39.3 Å². The van der Waals surface area contributed by atoms with Crippen LogP contribution >= 0.6 is 0 Å². The smallest absolute Gasteiger partial charge is 0.280 e. The van der Waals surface area contributed by atoms with Crippen LogP contribution in [0.1, 0.15) is 6.42 Å². The van der Waals surface area contributed by atoms with E-state index in [9.17, 15) is 17.6 Å². The molecule has 2 aromatic heterocycles. The van der Waals surface area contributed by atoms with Crippen LogP contribution in [-0.2, 0) is 4.74 Å². The number of halogens is 5. The number of methoxy groups -OCH3 is 2. The van der Waals surface area contributed by atoms with E-state index in [-0.39, 0.29) is 46.3 Å². The highest BCUT2D eigenvalue weighted by Gasteiger charge is 2.45. The Hall–Kier alpha value is -3.59. The number of likely N-dealkylation sites (tertiary alicyclic amines) is 1. The Morgan fingerprint density at radius 2 is 2.08 bits per heavy atom. The monoisotopic (exact) mass is 542 g/mol. The van der Waals surface area contributed by atoms with E-state index in [0.29, 0.717) is 19.7 Å². The Balaban J connectivity index is 1.66. The molecule has 10 nitrogen and oxygen atoms in total. The Labute approximate surface area is 214 Å². The van der Waals surface area contributed by atoms with Crippen molar-refractivity contribution < 1.29 is 31.4 Å². The van der Waals surface area contributed by atoms with Crippen molar-refractivity contribution in [2.45, 2.75) is 24.8 Å². The summed E-state index contributed by atoms with van der Waals surface area (Å²) in [5.41, 5.74) is 7.81. The second kappa shape index (κ2) is 11.4. The van der Waals surface area contributed by atoms with Crippen molar-refractivity contribution in [2.75, 3.05) is 57.6 Å². The second-order valence-corrected chi connectivity index (χ2v) is 8.72. The molecule has 3 N–H and O–H groups in total. The summed E-state index contributed by atoms with van der Waals surface area (Å²) in [5.74, 6) is -4.08. The molecular weight excluding hydrogens is 515 g/mol. The summed E-state index contributed by atoms with van der Waals surface area (Å²) in [4.78, 5) is 5.82. The third-order valence-electron chi connectivity index (χ3n) is 6.19. The largest absolute Gasteiger partial charge is 0.479 e. The molecule has 1 aromatic carbocycles. The lowest BCUT2D eigenvalue weighted by Crippen LogP contribution is -2.55. The van der Waals surface area contributed by atoms with Gasteiger partial charge >= 0.3 is 0 Å². The van der Waals surface area contributed by atoms with Gasteiger partial charge in [-0.25, -0.2) is 32.0 Å². The van der Waals surface area contributed by atoms with Gasteiger partial charge in [-0.1, -0.05) is 6.07 Å². The van der Waals surface area contributed by atoms with E-state index in [2.05, 4.69) is 25.8 Å². The Bertz CT molecular complexity index is 1290. The number of benzene rings is 1. The zero-order chi connectivity index (χ0) is 27.4. The summed E-state index contributed by atoms with van der Waals surface area (Å²) in [6.45, 7) is -0.00473. The molecule has 4 rings (SSSR count). The first-order valence-electron chi connectivity index (χ1n) is 11.7. The molecule has 0 saturated carbocycles. The predicted octanol–water partition coefficient (Wildman–Crippen LogP) is 4.65. The normalized spacial score (nSPS) is 17.6. The predicted molar refractivity (Wildman–Crippen MR) is 130 cm³/mol. The molecule has 0 aliphatic carbocycles. The standard InChI is InChI=1S/C23H27F5N8O2/c1-37-8-7-35-6-5-17(23(27,28)12-35)31-22-32-21(38-2)20-19(14(24)11-36(20)34-22)13-3-4-15(33-29)16(9-13)30-10-18(25)26/h3-4,9,11,17-18,29-30H,5-8,10,12H2,1-2H3,(H,31,34)/t17-/m1/s1. The van der Waals surface area contributed by atoms with Gasteiger partial charge in [0, 0.05) is 20.2 Å². The molecule has 38 heavy (non-hydrogen) atoms. The molecule has 1 fully saturated rings. The minimum atomic E-state index is -3.09. The van der Waals surface area contributed by atoms with Crippen LogP contribution in [0.2, 0.25) is 0 Å². The lowest BCUT2D eigenvalue weighted by molar-refractivity contribution is -0.0770. The molecule has 0 spiro atoms. The number of nitrogens with one attached hydrogen (secondary N) is 3. The lowest BCUT2D eigenvalue weighted by Gasteiger charge is -2.38. The molecule has 3 aromatic rings. The van der Waals surface area contributed by atoms with E-state index in [1.807, 2.05) is 0 Å². The van der Waals surface area contributed by atoms with Crippen LogP contribution in [0.25, 0.3) is 16.6 Å². The summed E-state index contributed by atoms with van der Waals surface area (Å²) in [7, 11) is 2.80. The summed E-state index contributed by atoms with van der Waals surface area (Å²) in [6.07, 6.45) is -1.50. The van der Waals surface area contributed by atoms with Gasteiger partial charge in [0.05, 0.1) is 50.3 Å². The van der Waals surface area contributed by atoms with Gasteiger partial charge in [0.1, 0.15) is 11.2 Å². The van der Waals surface area contributed by atoms with Gasteiger partial charge in [0.2, 0.25) is 11.8 Å². The molecule has 1 aliphatic heterocycles. The second-order valence-electron chi connectivity index (χ2n) is 8.72. The number of fused-ring (bicyclic) bond motifs is 1. The van der Waals surface area contributed by atoms with Crippen molar-refractivity contribution in [3.63, 3.8) is 0 Å². The third-order valence-corrected chi connectivity index (χ3v) is 6.19. The lowest BCUT2D eigenvalue weighted by atomic mass is 10.0. The molecule has 206 valence electrons. The quantitative estimate of drug-likeness (QED) is 0.239. The maximum absolute atomic E-state index is 15.2. The number of alkyl halides is 4. The first kappa shape index (κ1) is 27.4. The first-order valence-corrected chi connectivity index (χ1v) is 11.7. The minimum absolute atomic E-state index is 0.00167. The highest BCUT2D eigenvalue weighted by molar-refractivity contribution is 5.88. The van der Waals surface area contributed by atoms with Gasteiger partial charge < -0.3 is 20.1 Å². The summed E-state index contributed by atoms with van der Waals surface area (Å²) in [6, 6.07) is 2.96. The van der Waals surface area contributed by atoms with Crippen molar-refractivity contribution in [1.29, 1.82) is 5.53 Å². The summed E-state index contributed by atoms with van der Waals surface area (Å²) in [5, 5.41) is 12.6. The van der Waals surface area contributed by atoms with Gasteiger partial charge in [-0.05, 0) is 24.1 Å². The zero-order valence-corrected chi connectivity index (χ0v) is 20.6. The number of anilines is 2. The molecule has 1 atom stereocenters. The molecule has 1 aliphatic rings. The van der Waals surface area contributed by atoms with Crippen molar-refractivity contribution >= 4 is 22.8 Å². The number of ether oxygens (including phenoxy) is 2. The molecule has 0 amide bonds. The number of hydrogen-bond donors (Lipinski definition) is 3. The number of rotatable bonds is 11. The zero-order valence-electron chi connectivity index (χ0n) is 20.6. The van der Waals surface area contributed by atoms with Crippen LogP contribution in [0.5, 0.6) is 5.88 Å². The molecule has 0 unspecified atom stereocenters. The fraction of sp³-hybridized carbons (Fsp3) is 0.478. The fourth-order valence-corrected chi connectivity index (χ4v) is 4.37. The van der Waals surface area contributed by atoms with Gasteiger partial charge in [0.25, 0.3) is 12.3 Å². The van der Waals surface area contributed by atoms with E-state index >= 15 is 4.39 Å². The van der Waals surface area contributed by atoms with Crippen molar-refractivity contribution in [3.8, 4) is 17.0 Å². The summed E-state index contributed by atoms with van der Waals surface area (Å²) < 4.78 is 81.8. The van der Waals surface area contributed by atoms with Crippen LogP contribution in [-0.4, -0.2) is 84.9 Å². The van der Waals surface area contributed by atoms with Crippen LogP contribution < -0.4 is 15.4 Å². The van der Waals surface area contributed by atoms with Crippen molar-refractivity contribution in [3.05, 3.63) is 30.2 Å². The Morgan fingerprint density at radius 1 is 1.29 bits per heavy atom. The molecule has 0 radical (unpaired) electrons. The van der Waals surface area contributed by atoms with Crippen molar-refractivity contribution in [1.82, 2.24) is 19.5 Å².